The molecule has 2 aliphatic rings. The van der Waals surface area contributed by atoms with Crippen molar-refractivity contribution in [3.63, 3.8) is 0 Å². The van der Waals surface area contributed by atoms with E-state index in [1.165, 1.54) is 0 Å². The topological polar surface area (TPSA) is 70.3 Å². The van der Waals surface area contributed by atoms with Gasteiger partial charge in [-0.3, -0.25) is 4.79 Å². The van der Waals surface area contributed by atoms with Gasteiger partial charge in [-0.2, -0.15) is 5.26 Å². The number of allylic oxidation sites excluding steroid dienone is 1. The number of nitrogens with zero attached hydrogens (tertiary/aromatic N) is 1. The Morgan fingerprint density at radius 3 is 2.61 bits per heavy atom. The molecular formula is C19H21NO3. The minimum absolute atomic E-state index is 0.144. The molecule has 120 valence electrons. The number of hydrogen-bond donors (Lipinski definition) is 1. The van der Waals surface area contributed by atoms with Gasteiger partial charge in [0.15, 0.2) is 5.78 Å². The lowest BCUT2D eigenvalue weighted by atomic mass is 9.68. The van der Waals surface area contributed by atoms with Gasteiger partial charge in [0, 0.05) is 18.3 Å². The molecule has 4 nitrogen and oxygen atoms in total. The monoisotopic (exact) mass is 311 g/mol. The molecule has 1 N–H and O–H groups in total. The highest BCUT2D eigenvalue weighted by molar-refractivity contribution is 6.03. The second-order valence-corrected chi connectivity index (χ2v) is 7.48. The number of Topliss-reactive ketones (excluding diaryl/α,β-unsaturated/α-hetero) is 1. The van der Waals surface area contributed by atoms with E-state index in [1.54, 1.807) is 6.08 Å². The minimum atomic E-state index is -0.977. The largest absolute Gasteiger partial charge is 0.387 e. The molecule has 4 heteroatoms. The van der Waals surface area contributed by atoms with Gasteiger partial charge in [0.1, 0.15) is 6.07 Å². The van der Waals surface area contributed by atoms with E-state index in [2.05, 4.69) is 0 Å². The zero-order valence-electron chi connectivity index (χ0n) is 13.5. The van der Waals surface area contributed by atoms with Crippen LogP contribution in [0.25, 0.3) is 0 Å². The maximum absolute atomic E-state index is 12.3. The van der Waals surface area contributed by atoms with Crippen molar-refractivity contribution in [2.75, 3.05) is 6.61 Å². The number of rotatable bonds is 2. The van der Waals surface area contributed by atoms with Gasteiger partial charge >= 0.3 is 0 Å². The third kappa shape index (κ3) is 2.95. The van der Waals surface area contributed by atoms with Gasteiger partial charge in [0.2, 0.25) is 0 Å². The number of carbonyl (C=O) groups is 1. The summed E-state index contributed by atoms with van der Waals surface area (Å²) in [6.45, 7) is 3.88. The lowest BCUT2D eigenvalue weighted by molar-refractivity contribution is -0.127. The zero-order chi connectivity index (χ0) is 16.7. The maximum Gasteiger partial charge on any atom is 0.178 e. The molecule has 0 aromatic heterocycles. The Morgan fingerprint density at radius 2 is 1.96 bits per heavy atom. The van der Waals surface area contributed by atoms with Gasteiger partial charge in [0.05, 0.1) is 23.4 Å². The van der Waals surface area contributed by atoms with E-state index in [9.17, 15) is 15.2 Å². The first kappa shape index (κ1) is 15.9. The SMILES string of the molecule is CC1(C)CC2(C=C(C#N)C1=O)CC(O)(Cc1ccccc1)CO2. The lowest BCUT2D eigenvalue weighted by Crippen LogP contribution is -2.43. The third-order valence-electron chi connectivity index (χ3n) is 4.76. The molecule has 2 unspecified atom stereocenters. The molecule has 0 amide bonds. The molecule has 23 heavy (non-hydrogen) atoms. The standard InChI is InChI=1S/C19H21NO3/c1-17(2)11-19(9-15(10-20)16(17)21)12-18(22,13-23-19)8-14-6-4-3-5-7-14/h3-7,9,22H,8,11-13H2,1-2H3. The maximum atomic E-state index is 12.3. The van der Waals surface area contributed by atoms with Crippen LogP contribution in [0.1, 0.15) is 32.3 Å². The van der Waals surface area contributed by atoms with Gasteiger partial charge < -0.3 is 9.84 Å². The predicted molar refractivity (Wildman–Crippen MR) is 85.5 cm³/mol. The van der Waals surface area contributed by atoms with Crippen LogP contribution in [0.15, 0.2) is 42.0 Å². The molecule has 1 saturated heterocycles. The van der Waals surface area contributed by atoms with E-state index in [1.807, 2.05) is 50.2 Å². The van der Waals surface area contributed by atoms with Crippen LogP contribution in [0.2, 0.25) is 0 Å². The van der Waals surface area contributed by atoms with Crippen LogP contribution >= 0.6 is 0 Å². The number of nitriles is 1. The molecule has 3 rings (SSSR count). The van der Waals surface area contributed by atoms with E-state index in [-0.39, 0.29) is 18.0 Å². The molecular weight excluding hydrogens is 290 g/mol. The molecule has 1 aromatic rings. The first-order valence-electron chi connectivity index (χ1n) is 7.86. The third-order valence-corrected chi connectivity index (χ3v) is 4.76. The fourth-order valence-electron chi connectivity index (χ4n) is 3.89. The van der Waals surface area contributed by atoms with Crippen molar-refractivity contribution in [2.45, 2.75) is 44.3 Å². The summed E-state index contributed by atoms with van der Waals surface area (Å²) in [5.74, 6) is -0.146. The van der Waals surface area contributed by atoms with Gasteiger partial charge in [-0.1, -0.05) is 44.2 Å². The zero-order valence-corrected chi connectivity index (χ0v) is 13.5. The lowest BCUT2D eigenvalue weighted by Gasteiger charge is -2.38. The summed E-state index contributed by atoms with van der Waals surface area (Å²) in [5.41, 5.74) is -1.17. The van der Waals surface area contributed by atoms with Crippen molar-refractivity contribution in [1.82, 2.24) is 0 Å². The number of carbonyl (C=O) groups excluding carboxylic acids is 1. The number of hydrogen-bond acceptors (Lipinski definition) is 4. The predicted octanol–water partition coefficient (Wildman–Crippen LogP) is 2.57. The van der Waals surface area contributed by atoms with Crippen LogP contribution in [0, 0.1) is 16.7 Å². The fourth-order valence-corrected chi connectivity index (χ4v) is 3.89. The van der Waals surface area contributed by atoms with Crippen LogP contribution in [-0.2, 0) is 16.0 Å². The molecule has 2 atom stereocenters. The average molecular weight is 311 g/mol. The van der Waals surface area contributed by atoms with Gasteiger partial charge in [-0.25, -0.2) is 0 Å². The van der Waals surface area contributed by atoms with Crippen molar-refractivity contribution in [3.8, 4) is 6.07 Å². The Morgan fingerprint density at radius 1 is 1.26 bits per heavy atom. The van der Waals surface area contributed by atoms with Crippen molar-refractivity contribution in [2.24, 2.45) is 5.41 Å². The summed E-state index contributed by atoms with van der Waals surface area (Å²) < 4.78 is 5.96. The molecule has 1 spiro atoms. The van der Waals surface area contributed by atoms with Crippen LogP contribution in [0.4, 0.5) is 0 Å². The Kier molecular flexibility index (Phi) is 3.66. The summed E-state index contributed by atoms with van der Waals surface area (Å²) in [4.78, 5) is 12.3. The van der Waals surface area contributed by atoms with Crippen LogP contribution in [-0.4, -0.2) is 28.7 Å². The number of aliphatic hydroxyl groups is 1. The molecule has 1 aromatic carbocycles. The van der Waals surface area contributed by atoms with E-state index in [4.69, 9.17) is 4.74 Å². The van der Waals surface area contributed by atoms with E-state index in [0.29, 0.717) is 19.3 Å². The average Bonchev–Trinajstić information content (AvgIpc) is 2.80. The first-order chi connectivity index (χ1) is 10.8. The Bertz CT molecular complexity index is 701. The highest BCUT2D eigenvalue weighted by Crippen LogP contribution is 2.47. The Hall–Kier alpha value is -1.96. The quantitative estimate of drug-likeness (QED) is 0.911. The van der Waals surface area contributed by atoms with E-state index < -0.39 is 16.6 Å². The first-order valence-corrected chi connectivity index (χ1v) is 7.86. The fraction of sp³-hybridized carbons (Fsp3) is 0.474. The van der Waals surface area contributed by atoms with Crippen LogP contribution in [0.5, 0.6) is 0 Å². The second-order valence-electron chi connectivity index (χ2n) is 7.48. The van der Waals surface area contributed by atoms with Crippen molar-refractivity contribution in [3.05, 3.63) is 47.5 Å². The van der Waals surface area contributed by atoms with Gasteiger partial charge in [-0.15, -0.1) is 0 Å². The number of benzene rings is 1. The highest BCUT2D eigenvalue weighted by Gasteiger charge is 2.53. The molecule has 0 bridgehead atoms. The summed E-state index contributed by atoms with van der Waals surface area (Å²) in [6, 6.07) is 11.8. The number of ketones is 1. The normalized spacial score (nSPS) is 32.6. The van der Waals surface area contributed by atoms with Crippen molar-refractivity contribution in [1.29, 1.82) is 5.26 Å². The highest BCUT2D eigenvalue weighted by atomic mass is 16.5. The van der Waals surface area contributed by atoms with Gasteiger partial charge in [0.25, 0.3) is 0 Å². The van der Waals surface area contributed by atoms with E-state index >= 15 is 0 Å². The van der Waals surface area contributed by atoms with Crippen molar-refractivity contribution >= 4 is 5.78 Å². The molecule has 1 aliphatic heterocycles. The van der Waals surface area contributed by atoms with Crippen molar-refractivity contribution < 1.29 is 14.6 Å². The van der Waals surface area contributed by atoms with Crippen LogP contribution in [0.3, 0.4) is 0 Å². The molecule has 1 fully saturated rings. The Balaban J connectivity index is 1.87. The molecule has 0 radical (unpaired) electrons. The molecule has 1 aliphatic carbocycles. The number of ether oxygens (including phenoxy) is 1. The van der Waals surface area contributed by atoms with Gasteiger partial charge in [-0.05, 0) is 18.1 Å². The summed E-state index contributed by atoms with van der Waals surface area (Å²) in [6.07, 6.45) is 3.02. The summed E-state index contributed by atoms with van der Waals surface area (Å²) in [5, 5.41) is 20.2. The summed E-state index contributed by atoms with van der Waals surface area (Å²) in [7, 11) is 0. The Labute approximate surface area is 136 Å². The summed E-state index contributed by atoms with van der Waals surface area (Å²) >= 11 is 0. The second kappa shape index (κ2) is 5.30. The minimum Gasteiger partial charge on any atom is -0.387 e. The molecule has 0 saturated carbocycles. The van der Waals surface area contributed by atoms with Crippen LogP contribution < -0.4 is 0 Å². The van der Waals surface area contributed by atoms with E-state index in [0.717, 1.165) is 5.56 Å². The smallest absolute Gasteiger partial charge is 0.178 e. The molecule has 1 heterocycles.